The van der Waals surface area contributed by atoms with Gasteiger partial charge in [-0.1, -0.05) is 29.8 Å². The number of benzene rings is 3. The van der Waals surface area contributed by atoms with Gasteiger partial charge in [-0.25, -0.2) is 8.42 Å². The maximum absolute atomic E-state index is 13.5. The molecule has 0 spiro atoms. The molecule has 3 aromatic carbocycles. The highest BCUT2D eigenvalue weighted by atomic mass is 32.2. The molecule has 1 amide bonds. The summed E-state index contributed by atoms with van der Waals surface area (Å²) in [5.74, 6) is 1.86. The van der Waals surface area contributed by atoms with Crippen molar-refractivity contribution in [3.8, 4) is 5.75 Å². The van der Waals surface area contributed by atoms with Crippen LogP contribution in [-0.2, 0) is 20.6 Å². The molecule has 0 bridgehead atoms. The minimum Gasteiger partial charge on any atom is -0.494 e. The Morgan fingerprint density at radius 1 is 0.972 bits per heavy atom. The lowest BCUT2D eigenvalue weighted by Crippen LogP contribution is -2.41. The number of anilines is 1. The van der Waals surface area contributed by atoms with E-state index < -0.39 is 10.0 Å². The molecular weight excluding hydrogens is 513 g/mol. The van der Waals surface area contributed by atoms with Crippen molar-refractivity contribution in [1.82, 2.24) is 5.32 Å². The Morgan fingerprint density at radius 2 is 1.64 bits per heavy atom. The van der Waals surface area contributed by atoms with Crippen LogP contribution in [0, 0.1) is 6.92 Å². The fourth-order valence-corrected chi connectivity index (χ4v) is 6.04. The number of rotatable bonds is 13. The molecule has 3 rings (SSSR count). The van der Waals surface area contributed by atoms with Gasteiger partial charge in [0.05, 0.1) is 17.2 Å². The fourth-order valence-electron chi connectivity index (χ4n) is 3.39. The van der Waals surface area contributed by atoms with E-state index in [-0.39, 0.29) is 17.3 Å². The van der Waals surface area contributed by atoms with Crippen LogP contribution in [0.3, 0.4) is 0 Å². The first-order valence-electron chi connectivity index (χ1n) is 11.6. The third-order valence-corrected chi connectivity index (χ3v) is 8.89. The van der Waals surface area contributed by atoms with E-state index in [2.05, 4.69) is 36.5 Å². The van der Waals surface area contributed by atoms with Gasteiger partial charge in [0.25, 0.3) is 10.0 Å². The van der Waals surface area contributed by atoms with Gasteiger partial charge in [0.15, 0.2) is 0 Å². The zero-order valence-electron chi connectivity index (χ0n) is 20.8. The number of aryl methyl sites for hydroxylation is 1. The van der Waals surface area contributed by atoms with Gasteiger partial charge in [0.1, 0.15) is 12.3 Å². The number of hydrogen-bond donors (Lipinski definition) is 1. The molecule has 0 saturated carbocycles. The van der Waals surface area contributed by atoms with Crippen molar-refractivity contribution in [2.24, 2.45) is 0 Å². The van der Waals surface area contributed by atoms with Crippen LogP contribution in [0.15, 0.2) is 82.6 Å². The van der Waals surface area contributed by atoms with Gasteiger partial charge >= 0.3 is 0 Å². The lowest BCUT2D eigenvalue weighted by Gasteiger charge is -2.24. The monoisotopic (exact) mass is 544 g/mol. The quantitative estimate of drug-likeness (QED) is 0.231. The van der Waals surface area contributed by atoms with E-state index in [9.17, 15) is 13.2 Å². The standard InChI is InChI=1S/C27H32N2O4S3/c1-4-33-24-11-9-23(10-12-24)29(36(31,32)26-15-13-25(34-3)14-16-26)19-27(30)28-17-18-35-20-22-7-5-21(2)6-8-22/h5-16H,4,17-20H2,1-3H3,(H,28,30). The third kappa shape index (κ3) is 7.94. The average molecular weight is 545 g/mol. The highest BCUT2D eigenvalue weighted by Crippen LogP contribution is 2.27. The van der Waals surface area contributed by atoms with Crippen molar-refractivity contribution in [2.75, 3.05) is 36.0 Å². The first kappa shape index (κ1) is 28.0. The summed E-state index contributed by atoms with van der Waals surface area (Å²) in [7, 11) is -3.96. The van der Waals surface area contributed by atoms with Crippen molar-refractivity contribution in [3.05, 3.63) is 83.9 Å². The van der Waals surface area contributed by atoms with Crippen molar-refractivity contribution in [1.29, 1.82) is 0 Å². The number of hydrogen-bond acceptors (Lipinski definition) is 6. The van der Waals surface area contributed by atoms with Crippen molar-refractivity contribution >= 4 is 45.1 Å². The summed E-state index contributed by atoms with van der Waals surface area (Å²) < 4.78 is 33.7. The lowest BCUT2D eigenvalue weighted by atomic mass is 10.2. The zero-order valence-corrected chi connectivity index (χ0v) is 23.2. The third-order valence-electron chi connectivity index (χ3n) is 5.33. The molecule has 0 saturated heterocycles. The number of nitrogens with one attached hydrogen (secondary N) is 1. The van der Waals surface area contributed by atoms with Crippen LogP contribution < -0.4 is 14.4 Å². The molecule has 0 aliphatic rings. The second-order valence-electron chi connectivity index (χ2n) is 8.00. The predicted molar refractivity (Wildman–Crippen MR) is 151 cm³/mol. The zero-order chi connectivity index (χ0) is 26.0. The highest BCUT2D eigenvalue weighted by Gasteiger charge is 2.27. The van der Waals surface area contributed by atoms with Crippen LogP contribution >= 0.6 is 23.5 Å². The van der Waals surface area contributed by atoms with Crippen LogP contribution in [0.1, 0.15) is 18.1 Å². The van der Waals surface area contributed by atoms with Gasteiger partial charge in [0, 0.05) is 22.9 Å². The topological polar surface area (TPSA) is 75.7 Å². The molecule has 192 valence electrons. The Hall–Kier alpha value is -2.62. The molecule has 3 aromatic rings. The molecule has 0 aromatic heterocycles. The summed E-state index contributed by atoms with van der Waals surface area (Å²) in [4.78, 5) is 13.9. The van der Waals surface area contributed by atoms with E-state index >= 15 is 0 Å². The number of ether oxygens (including phenoxy) is 1. The maximum Gasteiger partial charge on any atom is 0.264 e. The van der Waals surface area contributed by atoms with Crippen LogP contribution in [-0.4, -0.2) is 46.0 Å². The van der Waals surface area contributed by atoms with Gasteiger partial charge in [-0.3, -0.25) is 9.10 Å². The van der Waals surface area contributed by atoms with E-state index in [4.69, 9.17) is 4.74 Å². The minimum atomic E-state index is -3.96. The van der Waals surface area contributed by atoms with Gasteiger partial charge in [-0.05, 0) is 74.2 Å². The summed E-state index contributed by atoms with van der Waals surface area (Å²) in [5, 5.41) is 2.86. The van der Waals surface area contributed by atoms with Gasteiger partial charge in [-0.2, -0.15) is 11.8 Å². The van der Waals surface area contributed by atoms with Crippen LogP contribution in [0.25, 0.3) is 0 Å². The molecule has 36 heavy (non-hydrogen) atoms. The summed E-state index contributed by atoms with van der Waals surface area (Å²) in [5.41, 5.74) is 2.86. The largest absolute Gasteiger partial charge is 0.494 e. The number of carbonyl (C=O) groups excluding carboxylic acids is 1. The first-order valence-corrected chi connectivity index (χ1v) is 15.4. The van der Waals surface area contributed by atoms with E-state index in [0.717, 1.165) is 20.7 Å². The maximum atomic E-state index is 13.5. The van der Waals surface area contributed by atoms with Crippen LogP contribution in [0.5, 0.6) is 5.75 Å². The molecule has 0 atom stereocenters. The van der Waals surface area contributed by atoms with Gasteiger partial charge < -0.3 is 10.1 Å². The molecule has 0 radical (unpaired) electrons. The van der Waals surface area contributed by atoms with Crippen LogP contribution in [0.4, 0.5) is 5.69 Å². The Bertz CT molecular complexity index is 1210. The summed E-state index contributed by atoms with van der Waals surface area (Å²) in [6, 6.07) is 21.8. The number of thioether (sulfide) groups is 2. The molecule has 0 aliphatic carbocycles. The Balaban J connectivity index is 1.67. The molecule has 0 heterocycles. The van der Waals surface area contributed by atoms with E-state index in [1.165, 1.54) is 22.9 Å². The number of carbonyl (C=O) groups is 1. The van der Waals surface area contributed by atoms with E-state index in [1.54, 1.807) is 60.3 Å². The van der Waals surface area contributed by atoms with Crippen molar-refractivity contribution in [3.63, 3.8) is 0 Å². The predicted octanol–water partition coefficient (Wildman–Crippen LogP) is 5.36. The molecule has 0 aliphatic heterocycles. The number of nitrogens with zero attached hydrogens (tertiary/aromatic N) is 1. The second-order valence-corrected chi connectivity index (χ2v) is 11.8. The van der Waals surface area contributed by atoms with E-state index in [1.807, 2.05) is 13.2 Å². The van der Waals surface area contributed by atoms with Crippen molar-refractivity contribution < 1.29 is 17.9 Å². The summed E-state index contributed by atoms with van der Waals surface area (Å²) >= 11 is 3.25. The summed E-state index contributed by atoms with van der Waals surface area (Å²) in [6.07, 6.45) is 1.93. The molecule has 0 unspecified atom stereocenters. The van der Waals surface area contributed by atoms with Gasteiger partial charge in [0.2, 0.25) is 5.91 Å². The number of amides is 1. The number of sulfonamides is 1. The molecule has 1 N–H and O–H groups in total. The Kier molecular flexibility index (Phi) is 10.6. The second kappa shape index (κ2) is 13.6. The normalized spacial score (nSPS) is 11.2. The Morgan fingerprint density at radius 3 is 2.25 bits per heavy atom. The lowest BCUT2D eigenvalue weighted by molar-refractivity contribution is -0.119. The molecule has 9 heteroatoms. The highest BCUT2D eigenvalue weighted by molar-refractivity contribution is 7.98. The fraction of sp³-hybridized carbons (Fsp3) is 0.296. The smallest absolute Gasteiger partial charge is 0.264 e. The summed E-state index contributed by atoms with van der Waals surface area (Å²) in [6.45, 7) is 4.58. The minimum absolute atomic E-state index is 0.135. The average Bonchev–Trinajstić information content (AvgIpc) is 2.89. The van der Waals surface area contributed by atoms with Crippen LogP contribution in [0.2, 0.25) is 0 Å². The molecular formula is C27H32N2O4S3. The van der Waals surface area contributed by atoms with Crippen molar-refractivity contribution in [2.45, 2.75) is 29.4 Å². The molecule has 6 nitrogen and oxygen atoms in total. The Labute approximate surface area is 222 Å². The first-order chi connectivity index (χ1) is 17.3. The van der Waals surface area contributed by atoms with Gasteiger partial charge in [-0.15, -0.1) is 11.8 Å². The molecule has 0 fully saturated rings. The van der Waals surface area contributed by atoms with E-state index in [0.29, 0.717) is 24.6 Å². The SMILES string of the molecule is CCOc1ccc(N(CC(=O)NCCSCc2ccc(C)cc2)S(=O)(=O)c2ccc(SC)cc2)cc1.